The van der Waals surface area contributed by atoms with E-state index in [1.54, 1.807) is 7.11 Å². The molecule has 0 aliphatic heterocycles. The average molecular weight is 237 g/mol. The lowest BCUT2D eigenvalue weighted by atomic mass is 9.84. The zero-order valence-corrected chi connectivity index (χ0v) is 11.2. The molecule has 0 bridgehead atoms. The third-order valence-electron chi connectivity index (χ3n) is 3.82. The summed E-state index contributed by atoms with van der Waals surface area (Å²) in [5.41, 5.74) is 7.38. The van der Waals surface area contributed by atoms with Gasteiger partial charge in [0.25, 0.3) is 0 Å². The van der Waals surface area contributed by atoms with Crippen LogP contribution in [-0.4, -0.2) is 22.9 Å². The van der Waals surface area contributed by atoms with E-state index in [2.05, 4.69) is 30.6 Å². The van der Waals surface area contributed by atoms with E-state index < -0.39 is 0 Å². The molecule has 2 atom stereocenters. The molecular formula is C13H23N3O. The standard InChI is InChI=1S/C13H23N3O/c1-9(2)16-12(11(17-4)8-15-16)13(3)6-5-10(14)7-13/h8-10H,5-7,14H2,1-4H3. The summed E-state index contributed by atoms with van der Waals surface area (Å²) in [6, 6.07) is 0.655. The first-order chi connectivity index (χ1) is 7.98. The number of hydrogen-bond acceptors (Lipinski definition) is 3. The van der Waals surface area contributed by atoms with Crippen LogP contribution in [0.15, 0.2) is 6.20 Å². The van der Waals surface area contributed by atoms with Crippen LogP contribution >= 0.6 is 0 Å². The van der Waals surface area contributed by atoms with Crippen LogP contribution in [-0.2, 0) is 5.41 Å². The van der Waals surface area contributed by atoms with Crippen molar-refractivity contribution in [2.75, 3.05) is 7.11 Å². The fourth-order valence-corrected chi connectivity index (χ4v) is 2.96. The van der Waals surface area contributed by atoms with E-state index in [-0.39, 0.29) is 5.41 Å². The van der Waals surface area contributed by atoms with Crippen molar-refractivity contribution in [1.29, 1.82) is 0 Å². The summed E-state index contributed by atoms with van der Waals surface area (Å²) in [7, 11) is 1.71. The van der Waals surface area contributed by atoms with Crippen LogP contribution in [0, 0.1) is 0 Å². The van der Waals surface area contributed by atoms with Crippen molar-refractivity contribution < 1.29 is 4.74 Å². The van der Waals surface area contributed by atoms with E-state index in [0.29, 0.717) is 12.1 Å². The van der Waals surface area contributed by atoms with Crippen LogP contribution in [0.25, 0.3) is 0 Å². The third-order valence-corrected chi connectivity index (χ3v) is 3.82. The van der Waals surface area contributed by atoms with Crippen LogP contribution in [0.4, 0.5) is 0 Å². The second-order valence-corrected chi connectivity index (χ2v) is 5.66. The molecule has 96 valence electrons. The molecule has 4 heteroatoms. The average Bonchev–Trinajstić information content (AvgIpc) is 2.82. The van der Waals surface area contributed by atoms with Crippen molar-refractivity contribution in [3.8, 4) is 5.75 Å². The smallest absolute Gasteiger partial charge is 0.160 e. The molecule has 0 spiro atoms. The summed E-state index contributed by atoms with van der Waals surface area (Å²) >= 11 is 0. The molecule has 2 N–H and O–H groups in total. The predicted molar refractivity (Wildman–Crippen MR) is 68.3 cm³/mol. The summed E-state index contributed by atoms with van der Waals surface area (Å²) in [4.78, 5) is 0. The highest BCUT2D eigenvalue weighted by molar-refractivity contribution is 5.34. The molecule has 0 saturated heterocycles. The fourth-order valence-electron chi connectivity index (χ4n) is 2.96. The summed E-state index contributed by atoms with van der Waals surface area (Å²) in [5.74, 6) is 0.898. The lowest BCUT2D eigenvalue weighted by molar-refractivity contribution is 0.358. The van der Waals surface area contributed by atoms with Gasteiger partial charge in [0, 0.05) is 17.5 Å². The Hall–Kier alpha value is -1.03. The molecular weight excluding hydrogens is 214 g/mol. The third kappa shape index (κ3) is 2.06. The number of hydrogen-bond donors (Lipinski definition) is 1. The number of nitrogens with two attached hydrogens (primary N) is 1. The number of ether oxygens (including phenoxy) is 1. The summed E-state index contributed by atoms with van der Waals surface area (Å²) in [5, 5.41) is 4.45. The molecule has 1 aliphatic carbocycles. The van der Waals surface area contributed by atoms with E-state index in [4.69, 9.17) is 10.5 Å². The largest absolute Gasteiger partial charge is 0.493 e. The minimum Gasteiger partial charge on any atom is -0.493 e. The minimum absolute atomic E-state index is 0.103. The Bertz CT molecular complexity index is 399. The number of aromatic nitrogens is 2. The van der Waals surface area contributed by atoms with Crippen molar-refractivity contribution >= 4 is 0 Å². The lowest BCUT2D eigenvalue weighted by Gasteiger charge is -2.27. The second-order valence-electron chi connectivity index (χ2n) is 5.66. The number of nitrogens with zero attached hydrogens (tertiary/aromatic N) is 2. The van der Waals surface area contributed by atoms with Gasteiger partial charge < -0.3 is 10.5 Å². The maximum Gasteiger partial charge on any atom is 0.160 e. The van der Waals surface area contributed by atoms with Gasteiger partial charge >= 0.3 is 0 Å². The highest BCUT2D eigenvalue weighted by Crippen LogP contribution is 2.44. The van der Waals surface area contributed by atoms with Crippen LogP contribution in [0.5, 0.6) is 5.75 Å². The van der Waals surface area contributed by atoms with E-state index in [1.165, 1.54) is 5.69 Å². The first-order valence-corrected chi connectivity index (χ1v) is 6.35. The maximum absolute atomic E-state index is 6.06. The topological polar surface area (TPSA) is 53.1 Å². The van der Waals surface area contributed by atoms with Gasteiger partial charge in [-0.1, -0.05) is 6.92 Å². The number of methoxy groups -OCH3 is 1. The molecule has 2 unspecified atom stereocenters. The second kappa shape index (κ2) is 4.33. The summed E-state index contributed by atoms with van der Waals surface area (Å²) in [6.07, 6.45) is 5.04. The van der Waals surface area contributed by atoms with Gasteiger partial charge in [-0.05, 0) is 33.1 Å². The van der Waals surface area contributed by atoms with Crippen LogP contribution in [0.3, 0.4) is 0 Å². The zero-order chi connectivity index (χ0) is 12.6. The molecule has 0 aromatic carbocycles. The van der Waals surface area contributed by atoms with E-state index >= 15 is 0 Å². The van der Waals surface area contributed by atoms with Gasteiger partial charge in [-0.2, -0.15) is 5.10 Å². The van der Waals surface area contributed by atoms with Gasteiger partial charge in [-0.15, -0.1) is 0 Å². The van der Waals surface area contributed by atoms with Crippen molar-refractivity contribution in [3.05, 3.63) is 11.9 Å². The summed E-state index contributed by atoms with van der Waals surface area (Å²) < 4.78 is 7.55. The van der Waals surface area contributed by atoms with Crippen LogP contribution in [0.2, 0.25) is 0 Å². The zero-order valence-electron chi connectivity index (χ0n) is 11.2. The quantitative estimate of drug-likeness (QED) is 0.877. The van der Waals surface area contributed by atoms with Gasteiger partial charge in [-0.3, -0.25) is 4.68 Å². The predicted octanol–water partition coefficient (Wildman–Crippen LogP) is 2.24. The molecule has 1 aromatic rings. The van der Waals surface area contributed by atoms with Gasteiger partial charge in [0.05, 0.1) is 19.0 Å². The Morgan fingerprint density at radius 1 is 1.59 bits per heavy atom. The Morgan fingerprint density at radius 2 is 2.29 bits per heavy atom. The Labute approximate surface area is 103 Å². The molecule has 0 radical (unpaired) electrons. The normalized spacial score (nSPS) is 28.9. The molecule has 1 heterocycles. The molecule has 4 nitrogen and oxygen atoms in total. The molecule has 1 aliphatic rings. The van der Waals surface area contributed by atoms with E-state index in [1.807, 2.05) is 6.20 Å². The monoisotopic (exact) mass is 237 g/mol. The Kier molecular flexibility index (Phi) is 3.17. The summed E-state index contributed by atoms with van der Waals surface area (Å²) in [6.45, 7) is 6.57. The molecule has 17 heavy (non-hydrogen) atoms. The molecule has 0 amide bonds. The first-order valence-electron chi connectivity index (χ1n) is 6.35. The maximum atomic E-state index is 6.06. The molecule has 1 fully saturated rings. The molecule has 1 saturated carbocycles. The van der Waals surface area contributed by atoms with Gasteiger partial charge in [-0.25, -0.2) is 0 Å². The number of rotatable bonds is 3. The highest BCUT2D eigenvalue weighted by atomic mass is 16.5. The molecule has 1 aromatic heterocycles. The van der Waals surface area contributed by atoms with Crippen molar-refractivity contribution in [3.63, 3.8) is 0 Å². The Balaban J connectivity index is 2.45. The van der Waals surface area contributed by atoms with E-state index in [9.17, 15) is 0 Å². The lowest BCUT2D eigenvalue weighted by Crippen LogP contribution is -2.27. The fraction of sp³-hybridized carbons (Fsp3) is 0.769. The highest BCUT2D eigenvalue weighted by Gasteiger charge is 2.40. The van der Waals surface area contributed by atoms with Crippen LogP contribution in [0.1, 0.15) is 51.8 Å². The van der Waals surface area contributed by atoms with Crippen molar-refractivity contribution in [2.45, 2.75) is 57.5 Å². The molecule has 2 rings (SSSR count). The first kappa shape index (κ1) is 12.4. The van der Waals surface area contributed by atoms with Crippen LogP contribution < -0.4 is 10.5 Å². The van der Waals surface area contributed by atoms with Gasteiger partial charge in [0.1, 0.15) is 0 Å². The minimum atomic E-state index is 0.103. The van der Waals surface area contributed by atoms with E-state index in [0.717, 1.165) is 25.0 Å². The Morgan fingerprint density at radius 3 is 2.76 bits per heavy atom. The SMILES string of the molecule is COc1cnn(C(C)C)c1C1(C)CCC(N)C1. The van der Waals surface area contributed by atoms with Crippen molar-refractivity contribution in [2.24, 2.45) is 5.73 Å². The van der Waals surface area contributed by atoms with Gasteiger partial charge in [0.2, 0.25) is 0 Å². The van der Waals surface area contributed by atoms with Gasteiger partial charge in [0.15, 0.2) is 5.75 Å². The van der Waals surface area contributed by atoms with Crippen molar-refractivity contribution in [1.82, 2.24) is 9.78 Å².